The van der Waals surface area contributed by atoms with E-state index in [1.165, 1.54) is 11.1 Å². The van der Waals surface area contributed by atoms with Crippen LogP contribution in [0.5, 0.6) is 5.75 Å². The Kier molecular flexibility index (Phi) is 3.80. The molecule has 3 nitrogen and oxygen atoms in total. The second-order valence-electron chi connectivity index (χ2n) is 4.17. The number of rotatable bonds is 4. The minimum atomic E-state index is 0.541. The molecule has 0 radical (unpaired) electrons. The van der Waals surface area contributed by atoms with E-state index in [9.17, 15) is 0 Å². The van der Waals surface area contributed by atoms with Crippen LogP contribution in [-0.4, -0.2) is 27.4 Å². The summed E-state index contributed by atoms with van der Waals surface area (Å²) in [5, 5.41) is 3.44. The van der Waals surface area contributed by atoms with Crippen molar-refractivity contribution in [1.29, 1.82) is 0 Å². The molecular formula is C13H19NO2. The average Bonchev–Trinajstić information content (AvgIpc) is 2.35. The molecule has 0 fully saturated rings. The Hall–Kier alpha value is -1.06. The predicted molar refractivity (Wildman–Crippen MR) is 63.9 cm³/mol. The molecule has 0 saturated carbocycles. The highest BCUT2D eigenvalue weighted by Crippen LogP contribution is 2.29. The first-order valence-corrected chi connectivity index (χ1v) is 5.71. The standard InChI is InChI=1S/C13H19NO2/c1-15-6-5-11-9-14-8-10-3-4-12(16-2)7-13(10)11/h3-4,7,11,14H,5-6,8-9H2,1-2H3. The fourth-order valence-corrected chi connectivity index (χ4v) is 2.25. The Morgan fingerprint density at radius 3 is 3.00 bits per heavy atom. The van der Waals surface area contributed by atoms with Gasteiger partial charge in [0.25, 0.3) is 0 Å². The molecule has 1 aromatic carbocycles. The van der Waals surface area contributed by atoms with Crippen molar-refractivity contribution < 1.29 is 9.47 Å². The Labute approximate surface area is 96.8 Å². The molecule has 2 rings (SSSR count). The molecule has 0 spiro atoms. The molecular weight excluding hydrogens is 202 g/mol. The summed E-state index contributed by atoms with van der Waals surface area (Å²) in [7, 11) is 3.47. The summed E-state index contributed by atoms with van der Waals surface area (Å²) in [6.45, 7) is 2.80. The number of methoxy groups -OCH3 is 2. The van der Waals surface area contributed by atoms with E-state index in [0.717, 1.165) is 31.9 Å². The van der Waals surface area contributed by atoms with Gasteiger partial charge in [0.2, 0.25) is 0 Å². The van der Waals surface area contributed by atoms with Crippen molar-refractivity contribution >= 4 is 0 Å². The Bertz CT molecular complexity index is 352. The van der Waals surface area contributed by atoms with Gasteiger partial charge in [-0.3, -0.25) is 0 Å². The normalized spacial score (nSPS) is 19.2. The molecule has 1 atom stereocenters. The smallest absolute Gasteiger partial charge is 0.119 e. The maximum atomic E-state index is 5.28. The SMILES string of the molecule is COCCC1CNCc2ccc(OC)cc21. The average molecular weight is 221 g/mol. The Balaban J connectivity index is 2.21. The van der Waals surface area contributed by atoms with Crippen LogP contribution in [0.25, 0.3) is 0 Å². The molecule has 1 heterocycles. The first-order valence-electron chi connectivity index (χ1n) is 5.71. The lowest BCUT2D eigenvalue weighted by Gasteiger charge is -2.26. The minimum absolute atomic E-state index is 0.541. The van der Waals surface area contributed by atoms with Crippen LogP contribution in [0, 0.1) is 0 Å². The largest absolute Gasteiger partial charge is 0.497 e. The molecule has 0 bridgehead atoms. The fraction of sp³-hybridized carbons (Fsp3) is 0.538. The second kappa shape index (κ2) is 5.32. The first-order chi connectivity index (χ1) is 7.85. The lowest BCUT2D eigenvalue weighted by atomic mass is 9.88. The topological polar surface area (TPSA) is 30.5 Å². The molecule has 0 amide bonds. The Morgan fingerprint density at radius 1 is 1.38 bits per heavy atom. The number of hydrogen-bond donors (Lipinski definition) is 1. The van der Waals surface area contributed by atoms with E-state index in [-0.39, 0.29) is 0 Å². The molecule has 1 aliphatic heterocycles. The van der Waals surface area contributed by atoms with Crippen LogP contribution in [-0.2, 0) is 11.3 Å². The van der Waals surface area contributed by atoms with Crippen LogP contribution >= 0.6 is 0 Å². The highest BCUT2D eigenvalue weighted by atomic mass is 16.5. The molecule has 1 unspecified atom stereocenters. The fourth-order valence-electron chi connectivity index (χ4n) is 2.25. The van der Waals surface area contributed by atoms with Gasteiger partial charge in [0.1, 0.15) is 5.75 Å². The zero-order valence-electron chi connectivity index (χ0n) is 9.95. The van der Waals surface area contributed by atoms with Crippen molar-refractivity contribution in [1.82, 2.24) is 5.32 Å². The maximum absolute atomic E-state index is 5.28. The van der Waals surface area contributed by atoms with E-state index in [1.807, 2.05) is 6.07 Å². The summed E-state index contributed by atoms with van der Waals surface area (Å²) in [4.78, 5) is 0. The molecule has 0 aliphatic carbocycles. The van der Waals surface area contributed by atoms with Crippen molar-refractivity contribution in [3.05, 3.63) is 29.3 Å². The highest BCUT2D eigenvalue weighted by Gasteiger charge is 2.19. The molecule has 88 valence electrons. The van der Waals surface area contributed by atoms with E-state index in [2.05, 4.69) is 17.4 Å². The van der Waals surface area contributed by atoms with Gasteiger partial charge in [0.05, 0.1) is 7.11 Å². The summed E-state index contributed by atoms with van der Waals surface area (Å²) >= 11 is 0. The first kappa shape index (κ1) is 11.4. The molecule has 0 saturated heterocycles. The van der Waals surface area contributed by atoms with Crippen molar-refractivity contribution in [2.75, 3.05) is 27.4 Å². The third-order valence-electron chi connectivity index (χ3n) is 3.17. The highest BCUT2D eigenvalue weighted by molar-refractivity contribution is 5.39. The lowest BCUT2D eigenvalue weighted by molar-refractivity contribution is 0.186. The second-order valence-corrected chi connectivity index (χ2v) is 4.17. The zero-order chi connectivity index (χ0) is 11.4. The van der Waals surface area contributed by atoms with Gasteiger partial charge in [-0.15, -0.1) is 0 Å². The van der Waals surface area contributed by atoms with Gasteiger partial charge in [0.15, 0.2) is 0 Å². The van der Waals surface area contributed by atoms with Crippen LogP contribution in [0.2, 0.25) is 0 Å². The number of hydrogen-bond acceptors (Lipinski definition) is 3. The van der Waals surface area contributed by atoms with E-state index in [4.69, 9.17) is 9.47 Å². The number of benzene rings is 1. The van der Waals surface area contributed by atoms with Crippen LogP contribution in [0.15, 0.2) is 18.2 Å². The maximum Gasteiger partial charge on any atom is 0.119 e. The van der Waals surface area contributed by atoms with Gasteiger partial charge in [-0.05, 0) is 35.6 Å². The lowest BCUT2D eigenvalue weighted by Crippen LogP contribution is -2.28. The van der Waals surface area contributed by atoms with E-state index in [1.54, 1.807) is 14.2 Å². The van der Waals surface area contributed by atoms with E-state index < -0.39 is 0 Å². The van der Waals surface area contributed by atoms with Gasteiger partial charge in [-0.1, -0.05) is 6.07 Å². The quantitative estimate of drug-likeness (QED) is 0.842. The third-order valence-corrected chi connectivity index (χ3v) is 3.17. The van der Waals surface area contributed by atoms with Gasteiger partial charge in [-0.2, -0.15) is 0 Å². The molecule has 16 heavy (non-hydrogen) atoms. The van der Waals surface area contributed by atoms with Gasteiger partial charge in [0, 0.05) is 26.8 Å². The third kappa shape index (κ3) is 2.36. The molecule has 1 aromatic rings. The monoisotopic (exact) mass is 221 g/mol. The van der Waals surface area contributed by atoms with Gasteiger partial charge < -0.3 is 14.8 Å². The predicted octanol–water partition coefficient (Wildman–Crippen LogP) is 1.92. The summed E-state index contributed by atoms with van der Waals surface area (Å²) in [5.41, 5.74) is 2.79. The van der Waals surface area contributed by atoms with E-state index >= 15 is 0 Å². The molecule has 3 heteroatoms. The summed E-state index contributed by atoms with van der Waals surface area (Å²) in [6.07, 6.45) is 1.06. The van der Waals surface area contributed by atoms with Crippen LogP contribution in [0.1, 0.15) is 23.5 Å². The number of ether oxygens (including phenoxy) is 2. The van der Waals surface area contributed by atoms with E-state index in [0.29, 0.717) is 5.92 Å². The Morgan fingerprint density at radius 2 is 2.25 bits per heavy atom. The summed E-state index contributed by atoms with van der Waals surface area (Å²) in [5.74, 6) is 1.49. The van der Waals surface area contributed by atoms with Crippen LogP contribution in [0.3, 0.4) is 0 Å². The van der Waals surface area contributed by atoms with Gasteiger partial charge >= 0.3 is 0 Å². The molecule has 1 N–H and O–H groups in total. The van der Waals surface area contributed by atoms with Crippen molar-refractivity contribution in [3.63, 3.8) is 0 Å². The van der Waals surface area contributed by atoms with Crippen molar-refractivity contribution in [2.45, 2.75) is 18.9 Å². The van der Waals surface area contributed by atoms with Crippen molar-refractivity contribution in [3.8, 4) is 5.75 Å². The van der Waals surface area contributed by atoms with Crippen LogP contribution < -0.4 is 10.1 Å². The van der Waals surface area contributed by atoms with Gasteiger partial charge in [-0.25, -0.2) is 0 Å². The zero-order valence-corrected chi connectivity index (χ0v) is 9.95. The number of nitrogens with one attached hydrogen (secondary N) is 1. The minimum Gasteiger partial charge on any atom is -0.497 e. The summed E-state index contributed by atoms with van der Waals surface area (Å²) < 4.78 is 10.4. The number of fused-ring (bicyclic) bond motifs is 1. The van der Waals surface area contributed by atoms with Crippen LogP contribution in [0.4, 0.5) is 0 Å². The molecule has 0 aromatic heterocycles. The molecule has 1 aliphatic rings. The summed E-state index contributed by atoms with van der Waals surface area (Å²) in [6, 6.07) is 6.34. The van der Waals surface area contributed by atoms with Crippen molar-refractivity contribution in [2.24, 2.45) is 0 Å².